The molecule has 210 valence electrons. The van der Waals surface area contributed by atoms with E-state index in [0.717, 1.165) is 42.5 Å². The largest absolute Gasteiger partial charge is 0.481 e. The number of allylic oxidation sites excluding steroid dienone is 1. The summed E-state index contributed by atoms with van der Waals surface area (Å²) < 4.78 is 2.15. The van der Waals surface area contributed by atoms with Crippen molar-refractivity contribution < 1.29 is 9.90 Å². The number of aliphatic carboxylic acids is 1. The number of imidazole rings is 1. The average Bonchev–Trinajstić information content (AvgIpc) is 3.32. The van der Waals surface area contributed by atoms with E-state index in [4.69, 9.17) is 23.2 Å². The normalized spacial score (nSPS) is 16.5. The van der Waals surface area contributed by atoms with E-state index in [1.807, 2.05) is 31.5 Å². The summed E-state index contributed by atoms with van der Waals surface area (Å²) in [5.74, 6) is 6.61. The van der Waals surface area contributed by atoms with Gasteiger partial charge >= 0.3 is 5.97 Å². The number of hydrazine groups is 1. The summed E-state index contributed by atoms with van der Waals surface area (Å²) >= 11 is 6.66. The van der Waals surface area contributed by atoms with Gasteiger partial charge in [0, 0.05) is 35.9 Å². The molecule has 1 unspecified atom stereocenters. The van der Waals surface area contributed by atoms with Crippen molar-refractivity contribution in [3.05, 3.63) is 64.5 Å². The lowest BCUT2D eigenvalue weighted by atomic mass is 9.72. The Morgan fingerprint density at radius 2 is 2.00 bits per heavy atom. The van der Waals surface area contributed by atoms with Gasteiger partial charge in [0.2, 0.25) is 0 Å². The second-order valence-corrected chi connectivity index (χ2v) is 11.5. The Labute approximate surface area is 232 Å². The second-order valence-electron chi connectivity index (χ2n) is 11.1. The van der Waals surface area contributed by atoms with Crippen LogP contribution in [0.4, 0.5) is 0 Å². The summed E-state index contributed by atoms with van der Waals surface area (Å²) in [6.45, 7) is 12.0. The molecule has 0 aliphatic carbocycles. The number of aromatic nitrogens is 2. The molecule has 9 heteroatoms. The Hall–Kier alpha value is -2.55. The first-order valence-electron chi connectivity index (χ1n) is 13.8. The van der Waals surface area contributed by atoms with Gasteiger partial charge in [0.25, 0.3) is 0 Å². The summed E-state index contributed by atoms with van der Waals surface area (Å²) in [6.07, 6.45) is 10.4. The number of nitrogens with two attached hydrogens (primary N) is 2. The minimum absolute atomic E-state index is 0.266. The van der Waals surface area contributed by atoms with Crippen LogP contribution in [0.5, 0.6) is 0 Å². The molecular formula is C29H45ClN6O2. The number of benzene rings is 1. The van der Waals surface area contributed by atoms with Crippen molar-refractivity contribution in [1.82, 2.24) is 19.5 Å². The maximum atomic E-state index is 12.3. The van der Waals surface area contributed by atoms with Crippen molar-refractivity contribution in [1.29, 1.82) is 0 Å². The van der Waals surface area contributed by atoms with E-state index in [0.29, 0.717) is 36.7 Å². The molecule has 3 rings (SSSR count). The quantitative estimate of drug-likeness (QED) is 0.235. The summed E-state index contributed by atoms with van der Waals surface area (Å²) in [5.41, 5.74) is 7.72. The Morgan fingerprint density at radius 1 is 1.29 bits per heavy atom. The van der Waals surface area contributed by atoms with Crippen molar-refractivity contribution in [2.24, 2.45) is 22.9 Å². The van der Waals surface area contributed by atoms with Crippen LogP contribution in [-0.4, -0.2) is 50.2 Å². The van der Waals surface area contributed by atoms with Crippen LogP contribution in [-0.2, 0) is 17.9 Å². The van der Waals surface area contributed by atoms with Gasteiger partial charge in [-0.15, -0.1) is 0 Å². The lowest BCUT2D eigenvalue weighted by molar-refractivity contribution is -0.148. The van der Waals surface area contributed by atoms with E-state index in [1.54, 1.807) is 20.0 Å². The minimum atomic E-state index is -0.997. The summed E-state index contributed by atoms with van der Waals surface area (Å²) in [6, 6.07) is 5.87. The fourth-order valence-corrected chi connectivity index (χ4v) is 5.45. The molecule has 2 aromatic rings. The van der Waals surface area contributed by atoms with Gasteiger partial charge in [0.15, 0.2) is 0 Å². The molecule has 8 nitrogen and oxygen atoms in total. The Balaban J connectivity index is 1.81. The zero-order valence-corrected chi connectivity index (χ0v) is 24.1. The molecule has 0 amide bonds. The number of hydrogen-bond acceptors (Lipinski definition) is 6. The Bertz CT molecular complexity index is 1090. The van der Waals surface area contributed by atoms with E-state index >= 15 is 0 Å². The highest BCUT2D eigenvalue weighted by atomic mass is 35.5. The topological polar surface area (TPSA) is 114 Å². The van der Waals surface area contributed by atoms with Crippen LogP contribution in [0.25, 0.3) is 0 Å². The summed E-state index contributed by atoms with van der Waals surface area (Å²) in [4.78, 5) is 19.4. The van der Waals surface area contributed by atoms with Gasteiger partial charge in [0.05, 0.1) is 18.5 Å². The van der Waals surface area contributed by atoms with E-state index < -0.39 is 11.4 Å². The highest BCUT2D eigenvalue weighted by molar-refractivity contribution is 6.31. The molecule has 0 saturated carbocycles. The zero-order valence-electron chi connectivity index (χ0n) is 23.4. The van der Waals surface area contributed by atoms with E-state index in [2.05, 4.69) is 27.4 Å². The van der Waals surface area contributed by atoms with Gasteiger partial charge in [-0.1, -0.05) is 37.1 Å². The van der Waals surface area contributed by atoms with Crippen LogP contribution >= 0.6 is 11.6 Å². The summed E-state index contributed by atoms with van der Waals surface area (Å²) in [5, 5.41) is 12.2. The van der Waals surface area contributed by atoms with Crippen LogP contribution in [0.3, 0.4) is 0 Å². The number of rotatable bonds is 13. The zero-order chi connectivity index (χ0) is 27.9. The molecule has 1 aromatic carbocycles. The van der Waals surface area contributed by atoms with E-state index in [-0.39, 0.29) is 5.92 Å². The van der Waals surface area contributed by atoms with E-state index in [9.17, 15) is 9.90 Å². The molecular weight excluding hydrogens is 500 g/mol. The highest BCUT2D eigenvalue weighted by Crippen LogP contribution is 2.41. The number of nitrogens with zero attached hydrogens (tertiary/aromatic N) is 4. The van der Waals surface area contributed by atoms with Gasteiger partial charge in [-0.3, -0.25) is 9.69 Å². The molecule has 1 fully saturated rings. The number of piperidine rings is 1. The maximum Gasteiger partial charge on any atom is 0.309 e. The molecule has 1 aromatic heterocycles. The average molecular weight is 545 g/mol. The van der Waals surface area contributed by atoms with E-state index in [1.165, 1.54) is 24.3 Å². The molecule has 0 radical (unpaired) electrons. The molecule has 1 atom stereocenters. The SMILES string of the molecule is CCC1CCN(Cc2nccn2Cc2cc(C(CC/C(N)=C/N(N)CC)C(C)(C)C(=O)O)ccc2Cl)CC1. The minimum Gasteiger partial charge on any atom is -0.481 e. The molecule has 0 bridgehead atoms. The molecule has 0 spiro atoms. The highest BCUT2D eigenvalue weighted by Gasteiger charge is 2.37. The van der Waals surface area contributed by atoms with Gasteiger partial charge < -0.3 is 20.4 Å². The number of carbonyl (C=O) groups is 1. The number of carboxylic acids is 1. The van der Waals surface area contributed by atoms with Crippen LogP contribution in [0.15, 0.2) is 42.5 Å². The number of likely N-dealkylation sites (tertiary alicyclic amines) is 1. The Kier molecular flexibility index (Phi) is 10.7. The third-order valence-corrected chi connectivity index (χ3v) is 8.47. The molecule has 5 N–H and O–H groups in total. The van der Waals surface area contributed by atoms with Crippen molar-refractivity contribution in [2.75, 3.05) is 19.6 Å². The smallest absolute Gasteiger partial charge is 0.309 e. The van der Waals surface area contributed by atoms with Crippen LogP contribution in [0.2, 0.25) is 5.02 Å². The second kappa shape index (κ2) is 13.5. The predicted molar refractivity (Wildman–Crippen MR) is 153 cm³/mol. The predicted octanol–water partition coefficient (Wildman–Crippen LogP) is 5.18. The van der Waals surface area contributed by atoms with Gasteiger partial charge in [0.1, 0.15) is 5.82 Å². The first-order chi connectivity index (χ1) is 18.0. The van der Waals surface area contributed by atoms with Crippen molar-refractivity contribution >= 4 is 17.6 Å². The standard InChI is InChI=1S/C29H45ClN6O2/c1-5-21-11-14-34(15-12-21)20-27-33-13-16-35(27)18-23-17-22(7-10-26(23)30)25(29(3,4)28(37)38)9-8-24(31)19-36(32)6-2/h7,10,13,16-17,19,21,25H,5-6,8-9,11-12,14-15,18,20,31-32H2,1-4H3,(H,37,38)/b24-19-. The van der Waals surface area contributed by atoms with Crippen LogP contribution in [0.1, 0.15) is 82.7 Å². The maximum absolute atomic E-state index is 12.3. The fourth-order valence-electron chi connectivity index (χ4n) is 5.28. The van der Waals surface area contributed by atoms with Gasteiger partial charge in [-0.05, 0) is 88.6 Å². The molecule has 1 aliphatic heterocycles. The van der Waals surface area contributed by atoms with Crippen molar-refractivity contribution in [3.8, 4) is 0 Å². The molecule has 38 heavy (non-hydrogen) atoms. The number of hydrogen-bond donors (Lipinski definition) is 3. The van der Waals surface area contributed by atoms with Crippen molar-refractivity contribution in [3.63, 3.8) is 0 Å². The fraction of sp³-hybridized carbons (Fsp3) is 0.586. The monoisotopic (exact) mass is 544 g/mol. The third-order valence-electron chi connectivity index (χ3n) is 8.10. The number of carboxylic acid groups (broad SMARTS) is 1. The van der Waals surface area contributed by atoms with Crippen molar-refractivity contribution in [2.45, 2.75) is 78.8 Å². The molecule has 1 saturated heterocycles. The van der Waals surface area contributed by atoms with Crippen LogP contribution in [0, 0.1) is 11.3 Å². The van der Waals surface area contributed by atoms with Gasteiger partial charge in [-0.2, -0.15) is 0 Å². The van der Waals surface area contributed by atoms with Gasteiger partial charge in [-0.25, -0.2) is 10.8 Å². The molecule has 2 heterocycles. The third kappa shape index (κ3) is 7.74. The first-order valence-corrected chi connectivity index (χ1v) is 14.1. The molecule has 1 aliphatic rings. The Morgan fingerprint density at radius 3 is 2.63 bits per heavy atom. The lowest BCUT2D eigenvalue weighted by Crippen LogP contribution is -2.34. The first kappa shape index (κ1) is 30.0. The lowest BCUT2D eigenvalue weighted by Gasteiger charge is -2.32. The number of halogens is 1. The van der Waals surface area contributed by atoms with Crippen LogP contribution < -0.4 is 11.6 Å². The summed E-state index contributed by atoms with van der Waals surface area (Å²) in [7, 11) is 0.